The molecule has 0 fully saturated rings. The van der Waals surface area contributed by atoms with Gasteiger partial charge < -0.3 is 16.0 Å². The van der Waals surface area contributed by atoms with Crippen LogP contribution < -0.4 is 11.1 Å². The van der Waals surface area contributed by atoms with Crippen LogP contribution in [-0.4, -0.2) is 35.0 Å². The minimum atomic E-state index is -0.613. The molecule has 0 unspecified atom stereocenters. The molecule has 5 nitrogen and oxygen atoms in total. The number of benzene rings is 2. The van der Waals surface area contributed by atoms with Gasteiger partial charge in [-0.05, 0) is 35.6 Å². The van der Waals surface area contributed by atoms with Crippen LogP contribution in [0.1, 0.15) is 12.5 Å². The number of carbonyl (C=O) groups is 2. The summed E-state index contributed by atoms with van der Waals surface area (Å²) >= 11 is 1.29. The summed E-state index contributed by atoms with van der Waals surface area (Å²) in [5, 5.41) is 4.56. The van der Waals surface area contributed by atoms with Crippen LogP contribution in [0, 0.1) is 0 Å². The van der Waals surface area contributed by atoms with E-state index in [0.717, 1.165) is 16.3 Å². The molecule has 0 aliphatic carbocycles. The third-order valence-electron chi connectivity index (χ3n) is 3.64. The van der Waals surface area contributed by atoms with E-state index in [1.165, 1.54) is 16.7 Å². The first-order valence-electron chi connectivity index (χ1n) is 7.41. The lowest BCUT2D eigenvalue weighted by Crippen LogP contribution is -2.49. The molecule has 1 atom stereocenters. The normalized spacial score (nSPS) is 11.9. The molecule has 0 bridgehead atoms. The first-order valence-corrected chi connectivity index (χ1v) is 8.70. The fraction of sp³-hybridized carbons (Fsp3) is 0.294. The van der Waals surface area contributed by atoms with Crippen LogP contribution in [0.3, 0.4) is 0 Å². The van der Waals surface area contributed by atoms with Gasteiger partial charge in [0.25, 0.3) is 5.91 Å². The molecule has 2 rings (SSSR count). The van der Waals surface area contributed by atoms with E-state index in [-0.39, 0.29) is 5.91 Å². The fourth-order valence-electron chi connectivity index (χ4n) is 2.44. The van der Waals surface area contributed by atoms with E-state index in [1.54, 1.807) is 13.2 Å². The molecule has 6 heteroatoms. The second-order valence-corrected chi connectivity index (χ2v) is 6.03. The lowest BCUT2D eigenvalue weighted by Gasteiger charge is -2.26. The van der Waals surface area contributed by atoms with Crippen molar-refractivity contribution in [2.75, 3.05) is 12.8 Å². The summed E-state index contributed by atoms with van der Waals surface area (Å²) in [5.41, 5.74) is 6.34. The Bertz CT molecular complexity index is 705. The minimum Gasteiger partial charge on any atom is -0.351 e. The van der Waals surface area contributed by atoms with Crippen LogP contribution in [0.5, 0.6) is 0 Å². The molecule has 0 aromatic heterocycles. The topological polar surface area (TPSA) is 75.4 Å². The Morgan fingerprint density at radius 3 is 2.52 bits per heavy atom. The van der Waals surface area contributed by atoms with Crippen molar-refractivity contribution < 1.29 is 9.59 Å². The number of nitrogens with zero attached hydrogens (tertiary/aromatic N) is 1. The van der Waals surface area contributed by atoms with E-state index in [0.29, 0.717) is 13.1 Å². The number of carbonyl (C=O) groups excluding carboxylic acids is 2. The quantitative estimate of drug-likeness (QED) is 0.799. The van der Waals surface area contributed by atoms with Gasteiger partial charge >= 0.3 is 6.03 Å². The first kappa shape index (κ1) is 17.1. The Kier molecular flexibility index (Phi) is 5.87. The Morgan fingerprint density at radius 1 is 1.22 bits per heavy atom. The number of primary amides is 1. The number of thioether (sulfide) groups is 1. The molecule has 0 radical (unpaired) electrons. The van der Waals surface area contributed by atoms with E-state index < -0.39 is 11.4 Å². The summed E-state index contributed by atoms with van der Waals surface area (Å²) in [4.78, 5) is 25.1. The predicted octanol–water partition coefficient (Wildman–Crippen LogP) is 2.55. The summed E-state index contributed by atoms with van der Waals surface area (Å²) in [6, 6.07) is 13.6. The Labute approximate surface area is 140 Å². The molecule has 3 N–H and O–H groups in total. The van der Waals surface area contributed by atoms with Crippen LogP contribution in [-0.2, 0) is 11.3 Å². The number of likely N-dealkylation sites (N-methyl/N-ethyl adjacent to an activating group) is 1. The number of nitrogens with one attached hydrogen (secondary N) is 1. The summed E-state index contributed by atoms with van der Waals surface area (Å²) in [6.07, 6.45) is 1.78. The van der Waals surface area contributed by atoms with Gasteiger partial charge in [0.05, 0.1) is 0 Å². The standard InChI is InChI=1S/C17H21N3O2S/c1-3-20(17(18)22)16(23-2)15(21)19-11-12-8-9-13-6-4-5-7-14(13)10-12/h4-10,16H,3,11H2,1-2H3,(H2,18,22)(H,19,21)/t16-/m0/s1. The van der Waals surface area contributed by atoms with Gasteiger partial charge in [-0.2, -0.15) is 0 Å². The van der Waals surface area contributed by atoms with Crippen molar-refractivity contribution in [3.05, 3.63) is 48.0 Å². The van der Waals surface area contributed by atoms with Crippen LogP contribution in [0.2, 0.25) is 0 Å². The van der Waals surface area contributed by atoms with E-state index >= 15 is 0 Å². The first-order chi connectivity index (χ1) is 11.1. The maximum Gasteiger partial charge on any atom is 0.316 e. The fourth-order valence-corrected chi connectivity index (χ4v) is 3.24. The van der Waals surface area contributed by atoms with E-state index in [9.17, 15) is 9.59 Å². The van der Waals surface area contributed by atoms with Crippen molar-refractivity contribution in [3.63, 3.8) is 0 Å². The number of amides is 3. The number of rotatable bonds is 6. The highest BCUT2D eigenvalue weighted by Gasteiger charge is 2.26. The van der Waals surface area contributed by atoms with Crippen molar-refractivity contribution in [2.45, 2.75) is 18.8 Å². The molecular weight excluding hydrogens is 310 g/mol. The molecule has 0 saturated heterocycles. The number of urea groups is 1. The average molecular weight is 331 g/mol. The van der Waals surface area contributed by atoms with E-state index in [4.69, 9.17) is 5.73 Å². The number of nitrogens with two attached hydrogens (primary N) is 1. The smallest absolute Gasteiger partial charge is 0.316 e. The van der Waals surface area contributed by atoms with Crippen molar-refractivity contribution >= 4 is 34.5 Å². The van der Waals surface area contributed by atoms with Crippen LogP contribution in [0.15, 0.2) is 42.5 Å². The minimum absolute atomic E-state index is 0.216. The SMILES string of the molecule is CCN(C(N)=O)[C@@H](SC)C(=O)NCc1ccc2ccccc2c1. The second-order valence-electron chi connectivity index (χ2n) is 5.11. The molecule has 0 aliphatic rings. The van der Waals surface area contributed by atoms with E-state index in [1.807, 2.05) is 36.4 Å². The van der Waals surface area contributed by atoms with Gasteiger partial charge in [0.15, 0.2) is 5.37 Å². The van der Waals surface area contributed by atoms with Gasteiger partial charge in [0.1, 0.15) is 0 Å². The van der Waals surface area contributed by atoms with Crippen LogP contribution >= 0.6 is 11.8 Å². The second kappa shape index (κ2) is 7.87. The van der Waals surface area contributed by atoms with Gasteiger partial charge in [0, 0.05) is 13.1 Å². The molecule has 2 aromatic carbocycles. The van der Waals surface area contributed by atoms with Gasteiger partial charge in [-0.3, -0.25) is 4.79 Å². The average Bonchev–Trinajstić information content (AvgIpc) is 2.56. The third-order valence-corrected chi connectivity index (χ3v) is 4.55. The van der Waals surface area contributed by atoms with Crippen LogP contribution in [0.25, 0.3) is 10.8 Å². The van der Waals surface area contributed by atoms with Gasteiger partial charge in [-0.25, -0.2) is 4.79 Å². The Morgan fingerprint density at radius 2 is 1.91 bits per heavy atom. The highest BCUT2D eigenvalue weighted by molar-refractivity contribution is 7.99. The molecule has 0 heterocycles. The van der Waals surface area contributed by atoms with Crippen molar-refractivity contribution in [3.8, 4) is 0 Å². The lowest BCUT2D eigenvalue weighted by molar-refractivity contribution is -0.122. The molecule has 23 heavy (non-hydrogen) atoms. The Balaban J connectivity index is 2.05. The maximum absolute atomic E-state index is 12.3. The lowest BCUT2D eigenvalue weighted by atomic mass is 10.1. The van der Waals surface area contributed by atoms with Crippen molar-refractivity contribution in [1.82, 2.24) is 10.2 Å². The monoisotopic (exact) mass is 331 g/mol. The molecule has 3 amide bonds. The maximum atomic E-state index is 12.3. The zero-order chi connectivity index (χ0) is 16.8. The summed E-state index contributed by atoms with van der Waals surface area (Å²) in [7, 11) is 0. The largest absolute Gasteiger partial charge is 0.351 e. The van der Waals surface area contributed by atoms with Crippen molar-refractivity contribution in [2.24, 2.45) is 5.73 Å². The van der Waals surface area contributed by atoms with Crippen LogP contribution in [0.4, 0.5) is 4.79 Å². The molecule has 122 valence electrons. The number of hydrogen-bond donors (Lipinski definition) is 2. The predicted molar refractivity (Wildman–Crippen MR) is 95.1 cm³/mol. The molecule has 0 aliphatic heterocycles. The van der Waals surface area contributed by atoms with Gasteiger partial charge in [0.2, 0.25) is 0 Å². The molecule has 0 spiro atoms. The van der Waals surface area contributed by atoms with Crippen molar-refractivity contribution in [1.29, 1.82) is 0 Å². The summed E-state index contributed by atoms with van der Waals surface area (Å²) in [6.45, 7) is 2.60. The number of hydrogen-bond acceptors (Lipinski definition) is 3. The van der Waals surface area contributed by atoms with E-state index in [2.05, 4.69) is 11.4 Å². The van der Waals surface area contributed by atoms with Gasteiger partial charge in [-0.15, -0.1) is 11.8 Å². The van der Waals surface area contributed by atoms with Gasteiger partial charge in [-0.1, -0.05) is 36.4 Å². The zero-order valence-electron chi connectivity index (χ0n) is 13.3. The molecule has 0 saturated carbocycles. The molecular formula is C17H21N3O2S. The molecule has 2 aromatic rings. The number of fused-ring (bicyclic) bond motifs is 1. The third kappa shape index (κ3) is 4.16. The summed E-state index contributed by atoms with van der Waals surface area (Å²) < 4.78 is 0. The Hall–Kier alpha value is -2.21. The summed E-state index contributed by atoms with van der Waals surface area (Å²) in [5.74, 6) is -0.216. The zero-order valence-corrected chi connectivity index (χ0v) is 14.1. The highest BCUT2D eigenvalue weighted by atomic mass is 32.2. The highest BCUT2D eigenvalue weighted by Crippen LogP contribution is 2.16.